The Morgan fingerprint density at radius 2 is 1.77 bits per heavy atom. The molecule has 11 nitrogen and oxygen atoms in total. The first-order chi connectivity index (χ1) is 22.9. The number of amides is 3. The second kappa shape index (κ2) is 14.2. The number of aromatic nitrogens is 1. The predicted octanol–water partition coefficient (Wildman–Crippen LogP) is 3.80. The molecular formula is C36H36N4O7. The molecule has 0 saturated carbocycles. The lowest BCUT2D eigenvalue weighted by molar-refractivity contribution is -0.130. The topological polar surface area (TPSA) is 128 Å². The lowest BCUT2D eigenvalue weighted by atomic mass is 10.1. The minimum absolute atomic E-state index is 0.0434. The van der Waals surface area contributed by atoms with Crippen LogP contribution < -0.4 is 29.6 Å². The third-order valence-corrected chi connectivity index (χ3v) is 8.26. The predicted molar refractivity (Wildman–Crippen MR) is 174 cm³/mol. The lowest BCUT2D eigenvalue weighted by Crippen LogP contribution is -2.45. The number of carbonyl (C=O) groups excluding carboxylic acids is 3. The number of aryl methyl sites for hydroxylation is 1. The highest BCUT2D eigenvalue weighted by molar-refractivity contribution is 5.95. The summed E-state index contributed by atoms with van der Waals surface area (Å²) in [4.78, 5) is 45.7. The van der Waals surface area contributed by atoms with Crippen molar-refractivity contribution < 1.29 is 33.3 Å². The highest BCUT2D eigenvalue weighted by atomic mass is 16.5. The van der Waals surface area contributed by atoms with Gasteiger partial charge in [0.25, 0.3) is 11.8 Å². The second-order valence-electron chi connectivity index (χ2n) is 11.4. The molecule has 0 spiro atoms. The van der Waals surface area contributed by atoms with Gasteiger partial charge in [-0.15, -0.1) is 0 Å². The molecule has 6 bridgehead atoms. The summed E-state index contributed by atoms with van der Waals surface area (Å²) >= 11 is 0. The van der Waals surface area contributed by atoms with E-state index in [1.54, 1.807) is 55.6 Å². The number of nitrogens with zero attached hydrogens (tertiary/aromatic N) is 2. The summed E-state index contributed by atoms with van der Waals surface area (Å²) in [6.07, 6.45) is 3.47. The number of benzene rings is 3. The van der Waals surface area contributed by atoms with Gasteiger partial charge in [-0.1, -0.05) is 24.3 Å². The number of carbonyl (C=O) groups is 3. The SMILES string of the molecule is COc1cccc(CCC(=O)N2C[C@@H]3NC(=O)c4cncc(c4)-c4cccc(c4)OCC(=O)NCc4ccc(cc4OC)O[C@H]3C2)c1. The number of pyridine rings is 1. The van der Waals surface area contributed by atoms with Gasteiger partial charge in [-0.2, -0.15) is 0 Å². The second-order valence-corrected chi connectivity index (χ2v) is 11.4. The zero-order valence-corrected chi connectivity index (χ0v) is 26.2. The summed E-state index contributed by atoms with van der Waals surface area (Å²) in [6, 6.07) is 21.5. The van der Waals surface area contributed by atoms with Crippen molar-refractivity contribution in [1.82, 2.24) is 20.5 Å². The first-order valence-corrected chi connectivity index (χ1v) is 15.4. The fourth-order valence-corrected chi connectivity index (χ4v) is 5.72. The molecule has 47 heavy (non-hydrogen) atoms. The fraction of sp³-hybridized carbons (Fsp3) is 0.278. The van der Waals surface area contributed by atoms with Crippen LogP contribution in [0.1, 0.15) is 27.9 Å². The third kappa shape index (κ3) is 7.63. The number of fused-ring (bicyclic) bond motifs is 7. The molecular weight excluding hydrogens is 600 g/mol. The highest BCUT2D eigenvalue weighted by Gasteiger charge is 2.38. The summed E-state index contributed by atoms with van der Waals surface area (Å²) in [7, 11) is 3.16. The van der Waals surface area contributed by atoms with Crippen LogP contribution in [0.5, 0.6) is 23.0 Å². The van der Waals surface area contributed by atoms with Gasteiger partial charge in [-0.3, -0.25) is 19.4 Å². The Kier molecular flexibility index (Phi) is 9.51. The lowest BCUT2D eigenvalue weighted by Gasteiger charge is -2.22. The van der Waals surface area contributed by atoms with Crippen molar-refractivity contribution in [2.75, 3.05) is 33.9 Å². The Morgan fingerprint density at radius 3 is 2.62 bits per heavy atom. The van der Waals surface area contributed by atoms with Crippen molar-refractivity contribution in [3.63, 3.8) is 0 Å². The molecule has 0 radical (unpaired) electrons. The van der Waals surface area contributed by atoms with Gasteiger partial charge in [0.15, 0.2) is 6.61 Å². The first-order valence-electron chi connectivity index (χ1n) is 15.4. The van der Waals surface area contributed by atoms with Crippen LogP contribution in [0.15, 0.2) is 85.2 Å². The van der Waals surface area contributed by atoms with E-state index in [1.807, 2.05) is 42.5 Å². The maximum atomic E-state index is 13.6. The smallest absolute Gasteiger partial charge is 0.258 e. The molecule has 2 atom stereocenters. The summed E-state index contributed by atoms with van der Waals surface area (Å²) in [5.74, 6) is 1.60. The van der Waals surface area contributed by atoms with Crippen LogP contribution >= 0.6 is 0 Å². The molecule has 4 aromatic rings. The Balaban J connectivity index is 1.27. The van der Waals surface area contributed by atoms with E-state index in [0.29, 0.717) is 41.2 Å². The average molecular weight is 637 g/mol. The van der Waals surface area contributed by atoms with Gasteiger partial charge < -0.3 is 34.5 Å². The molecule has 3 aromatic carbocycles. The Bertz CT molecular complexity index is 1780. The Hall–Kier alpha value is -5.58. The van der Waals surface area contributed by atoms with Crippen LogP contribution in [0.2, 0.25) is 0 Å². The van der Waals surface area contributed by atoms with E-state index in [4.69, 9.17) is 18.9 Å². The molecule has 7 rings (SSSR count). The molecule has 3 amide bonds. The fourth-order valence-electron chi connectivity index (χ4n) is 5.72. The molecule has 242 valence electrons. The van der Waals surface area contributed by atoms with Crippen molar-refractivity contribution in [2.45, 2.75) is 31.5 Å². The summed E-state index contributed by atoms with van der Waals surface area (Å²) in [5, 5.41) is 5.96. The van der Waals surface area contributed by atoms with Crippen molar-refractivity contribution in [2.24, 2.45) is 0 Å². The summed E-state index contributed by atoms with van der Waals surface area (Å²) in [5.41, 5.74) is 3.59. The maximum absolute atomic E-state index is 13.6. The van der Waals surface area contributed by atoms with Crippen molar-refractivity contribution in [3.05, 3.63) is 102 Å². The van der Waals surface area contributed by atoms with Crippen LogP contribution in [-0.4, -0.2) is 73.7 Å². The molecule has 3 aliphatic heterocycles. The maximum Gasteiger partial charge on any atom is 0.258 e. The number of methoxy groups -OCH3 is 2. The number of likely N-dealkylation sites (tertiary alicyclic amines) is 1. The molecule has 2 N–H and O–H groups in total. The monoisotopic (exact) mass is 636 g/mol. The van der Waals surface area contributed by atoms with Crippen LogP contribution in [0.25, 0.3) is 11.1 Å². The zero-order valence-electron chi connectivity index (χ0n) is 26.2. The van der Waals surface area contributed by atoms with E-state index in [9.17, 15) is 14.4 Å². The molecule has 11 heteroatoms. The number of nitrogens with one attached hydrogen (secondary N) is 2. The average Bonchev–Trinajstić information content (AvgIpc) is 3.50. The van der Waals surface area contributed by atoms with Crippen LogP contribution in [-0.2, 0) is 22.6 Å². The number of hydrogen-bond donors (Lipinski definition) is 2. The zero-order chi connectivity index (χ0) is 32.8. The van der Waals surface area contributed by atoms with Crippen molar-refractivity contribution in [3.8, 4) is 34.1 Å². The minimum Gasteiger partial charge on any atom is -0.497 e. The first kappa shape index (κ1) is 31.4. The Morgan fingerprint density at radius 1 is 0.915 bits per heavy atom. The number of hydrogen-bond acceptors (Lipinski definition) is 8. The van der Waals surface area contributed by atoms with Crippen molar-refractivity contribution >= 4 is 17.7 Å². The molecule has 1 saturated heterocycles. The van der Waals surface area contributed by atoms with Gasteiger partial charge in [0.1, 0.15) is 29.1 Å². The molecule has 3 aliphatic rings. The van der Waals surface area contributed by atoms with Gasteiger partial charge in [0.05, 0.1) is 32.4 Å². The van der Waals surface area contributed by atoms with Crippen molar-refractivity contribution in [1.29, 1.82) is 0 Å². The van der Waals surface area contributed by atoms with Crippen LogP contribution in [0.3, 0.4) is 0 Å². The molecule has 0 aliphatic carbocycles. The molecule has 4 heterocycles. The van der Waals surface area contributed by atoms with Gasteiger partial charge in [-0.25, -0.2) is 0 Å². The van der Waals surface area contributed by atoms with E-state index < -0.39 is 12.1 Å². The van der Waals surface area contributed by atoms with Gasteiger partial charge in [0.2, 0.25) is 5.91 Å². The van der Waals surface area contributed by atoms with E-state index >= 15 is 0 Å². The third-order valence-electron chi connectivity index (χ3n) is 8.26. The minimum atomic E-state index is -0.537. The van der Waals surface area contributed by atoms with E-state index in [-0.39, 0.29) is 44.0 Å². The summed E-state index contributed by atoms with van der Waals surface area (Å²) in [6.45, 7) is 0.613. The molecule has 0 unspecified atom stereocenters. The summed E-state index contributed by atoms with van der Waals surface area (Å²) < 4.78 is 23.1. The number of ether oxygens (including phenoxy) is 4. The van der Waals surface area contributed by atoms with Crippen LogP contribution in [0.4, 0.5) is 0 Å². The van der Waals surface area contributed by atoms with E-state index in [0.717, 1.165) is 22.4 Å². The van der Waals surface area contributed by atoms with E-state index in [1.165, 1.54) is 6.20 Å². The Labute approximate surface area is 272 Å². The molecule has 1 fully saturated rings. The molecule has 1 aromatic heterocycles. The number of rotatable bonds is 5. The van der Waals surface area contributed by atoms with Crippen LogP contribution in [0, 0.1) is 0 Å². The standard InChI is InChI=1S/C36H36N4O7/c1-44-28-7-3-5-23(13-28)9-12-35(42)40-20-31-33(21-40)47-30-11-10-25(32(16-30)45-2)19-38-34(41)22-46-29-8-4-6-24(15-29)26-14-27(18-37-17-26)36(43)39-31/h3-8,10-11,13-18,31,33H,9,12,19-22H2,1-2H3,(H,38,41)(H,39,43)/t31-,33-/m0/s1. The highest BCUT2D eigenvalue weighted by Crippen LogP contribution is 2.29. The van der Waals surface area contributed by atoms with Gasteiger partial charge in [0, 0.05) is 49.1 Å². The van der Waals surface area contributed by atoms with Gasteiger partial charge in [-0.05, 0) is 60.0 Å². The largest absolute Gasteiger partial charge is 0.497 e. The van der Waals surface area contributed by atoms with Gasteiger partial charge >= 0.3 is 0 Å². The van der Waals surface area contributed by atoms with E-state index in [2.05, 4.69) is 15.6 Å². The normalized spacial score (nSPS) is 17.8. The quantitative estimate of drug-likeness (QED) is 0.339.